The number of nitrogens with zero attached hydrogens (tertiary/aromatic N) is 4. The van der Waals surface area contributed by atoms with Crippen LogP contribution >= 0.6 is 35.2 Å². The highest BCUT2D eigenvalue weighted by Crippen LogP contribution is 2.61. The van der Waals surface area contributed by atoms with Gasteiger partial charge in [-0.1, -0.05) is 50.8 Å². The third-order valence-corrected chi connectivity index (χ3v) is 13.9. The summed E-state index contributed by atoms with van der Waals surface area (Å²) < 4.78 is 62.3. The normalized spacial score (nSPS) is 24.3. The third kappa shape index (κ3) is 16.0. The monoisotopic (exact) mass is 985 g/mol. The van der Waals surface area contributed by atoms with Crippen molar-refractivity contribution in [3.8, 4) is 0 Å². The first-order valence-electron chi connectivity index (χ1n) is 19.8. The van der Waals surface area contributed by atoms with Gasteiger partial charge in [-0.3, -0.25) is 37.3 Å². The maximum Gasteiger partial charge on any atom is 0.481 e. The molecule has 64 heavy (non-hydrogen) atoms. The minimum Gasteiger partial charge on any atom is -0.386 e. The van der Waals surface area contributed by atoms with Gasteiger partial charge in [0.15, 0.2) is 17.7 Å². The standard InChI is InChI=1S/C35H54N7O18P3S/c1-4-5-6-9-22-21(11-12-23(22)43)8-7-10-26(45)64-16-15-37-25(44)13-14-38-33(48)30(47)35(2,3)18-57-63(54,55)60-62(52,53)56-17-24-29(59-61(49,50)51)28(46)34(58-24)42-20-41-27-31(36)39-19-40-32(27)42/h5-7,10,19-22,24,28-30,34,46-47H,4,8-9,11-18H2,1-3H3,(H,37,44)(H,38,48)(H,52,53)(H,54,55)(H2,36,39,40)(H2,49,50,51)/b6-5-,10-7+/t21?,22?,24-,28-,29-,30+,34-/m1/s1. The Morgan fingerprint density at radius 1 is 1.05 bits per heavy atom. The number of imidazole rings is 1. The minimum atomic E-state index is -5.59. The van der Waals surface area contributed by atoms with E-state index in [4.69, 9.17) is 19.5 Å². The number of thioether (sulfide) groups is 1. The summed E-state index contributed by atoms with van der Waals surface area (Å²) >= 11 is 1.01. The van der Waals surface area contributed by atoms with E-state index in [1.54, 1.807) is 6.08 Å². The van der Waals surface area contributed by atoms with Crippen molar-refractivity contribution in [2.24, 2.45) is 17.3 Å². The molecule has 2 aliphatic rings. The van der Waals surface area contributed by atoms with Gasteiger partial charge in [0.2, 0.25) is 16.9 Å². The maximum absolute atomic E-state index is 12.7. The van der Waals surface area contributed by atoms with Crippen molar-refractivity contribution in [3.63, 3.8) is 0 Å². The number of nitrogens with two attached hydrogens (primary N) is 1. The van der Waals surface area contributed by atoms with Crippen LogP contribution in [0.5, 0.6) is 0 Å². The van der Waals surface area contributed by atoms with Crippen molar-refractivity contribution in [2.45, 2.75) is 89.9 Å². The summed E-state index contributed by atoms with van der Waals surface area (Å²) in [6.07, 6.45) is 3.91. The number of carbonyl (C=O) groups is 4. The molecule has 3 heterocycles. The van der Waals surface area contributed by atoms with Crippen LogP contribution < -0.4 is 16.4 Å². The van der Waals surface area contributed by atoms with E-state index in [1.807, 2.05) is 19.1 Å². The van der Waals surface area contributed by atoms with Crippen LogP contribution in [0.1, 0.15) is 65.5 Å². The lowest BCUT2D eigenvalue weighted by atomic mass is 9.87. The number of nitrogen functional groups attached to an aromatic ring is 1. The van der Waals surface area contributed by atoms with Gasteiger partial charge in [0, 0.05) is 43.0 Å². The number of phosphoric ester groups is 3. The average Bonchev–Trinajstić information content (AvgIpc) is 3.89. The molecule has 4 rings (SSSR count). The van der Waals surface area contributed by atoms with Crippen LogP contribution in [0.4, 0.5) is 5.82 Å². The molecule has 29 heteroatoms. The first-order valence-corrected chi connectivity index (χ1v) is 25.3. The molecule has 9 atom stereocenters. The number of aromatic nitrogens is 4. The Balaban J connectivity index is 1.16. The average molecular weight is 986 g/mol. The van der Waals surface area contributed by atoms with E-state index in [-0.39, 0.29) is 65.0 Å². The number of nitrogens with one attached hydrogen (secondary N) is 2. The van der Waals surface area contributed by atoms with E-state index < -0.39 is 84.6 Å². The Labute approximate surface area is 371 Å². The second kappa shape index (κ2) is 23.4. The first-order chi connectivity index (χ1) is 29.9. The number of hydrogen-bond donors (Lipinski definition) is 9. The maximum atomic E-state index is 12.7. The predicted molar refractivity (Wildman–Crippen MR) is 226 cm³/mol. The summed E-state index contributed by atoms with van der Waals surface area (Å²) in [5.74, 6) is -0.791. The Morgan fingerprint density at radius 2 is 1.77 bits per heavy atom. The van der Waals surface area contributed by atoms with E-state index >= 15 is 0 Å². The predicted octanol–water partition coefficient (Wildman–Crippen LogP) is 1.56. The zero-order valence-electron chi connectivity index (χ0n) is 35.0. The second-order valence-electron chi connectivity index (χ2n) is 15.4. The minimum absolute atomic E-state index is 0.0258. The molecule has 1 saturated heterocycles. The van der Waals surface area contributed by atoms with Crippen LogP contribution in [0.2, 0.25) is 0 Å². The Bertz CT molecular complexity index is 2170. The fourth-order valence-electron chi connectivity index (χ4n) is 6.66. The number of carbonyl (C=O) groups excluding carboxylic acids is 4. The van der Waals surface area contributed by atoms with Gasteiger partial charge in [0.1, 0.15) is 42.0 Å². The van der Waals surface area contributed by atoms with Crippen molar-refractivity contribution in [2.75, 3.05) is 37.8 Å². The number of anilines is 1. The van der Waals surface area contributed by atoms with E-state index in [9.17, 15) is 62.7 Å². The van der Waals surface area contributed by atoms with Gasteiger partial charge in [-0.2, -0.15) is 4.31 Å². The number of hydrogen-bond acceptors (Lipinski definition) is 19. The highest BCUT2D eigenvalue weighted by Gasteiger charge is 2.50. The van der Waals surface area contributed by atoms with E-state index in [1.165, 1.54) is 19.9 Å². The topological polar surface area (TPSA) is 381 Å². The number of Topliss-reactive ketones (excluding diaryl/α,β-unsaturated/α-hetero) is 1. The number of aliphatic hydroxyl groups is 2. The molecular weight excluding hydrogens is 931 g/mol. The fraction of sp³-hybridized carbons (Fsp3) is 0.629. The van der Waals surface area contributed by atoms with E-state index in [0.717, 1.165) is 41.8 Å². The third-order valence-electron chi connectivity index (χ3n) is 9.98. The first kappa shape index (κ1) is 53.3. The van der Waals surface area contributed by atoms with Crippen LogP contribution in [-0.2, 0) is 55.5 Å². The summed E-state index contributed by atoms with van der Waals surface area (Å²) in [7, 11) is -16.4. The number of ketones is 1. The molecule has 25 nitrogen and oxygen atoms in total. The molecule has 4 unspecified atom stereocenters. The molecule has 0 radical (unpaired) electrons. The zero-order chi connectivity index (χ0) is 47.5. The molecule has 2 aromatic heterocycles. The van der Waals surface area contributed by atoms with E-state index in [2.05, 4.69) is 34.4 Å². The highest BCUT2D eigenvalue weighted by molar-refractivity contribution is 8.14. The quantitative estimate of drug-likeness (QED) is 0.0295. The van der Waals surface area contributed by atoms with Gasteiger partial charge in [0.05, 0.1) is 19.5 Å². The summed E-state index contributed by atoms with van der Waals surface area (Å²) in [5.41, 5.74) is 4.24. The summed E-state index contributed by atoms with van der Waals surface area (Å²) in [4.78, 5) is 101. The summed E-state index contributed by atoms with van der Waals surface area (Å²) in [6.45, 7) is 2.42. The highest BCUT2D eigenvalue weighted by atomic mass is 32.2. The van der Waals surface area contributed by atoms with Gasteiger partial charge >= 0.3 is 23.5 Å². The number of fused-ring (bicyclic) bond motifs is 1. The van der Waals surface area contributed by atoms with Crippen LogP contribution in [0.15, 0.2) is 37.0 Å². The van der Waals surface area contributed by atoms with E-state index in [0.29, 0.717) is 19.3 Å². The molecule has 0 aromatic carbocycles. The molecule has 2 amide bonds. The Morgan fingerprint density at radius 3 is 2.47 bits per heavy atom. The number of amides is 2. The van der Waals surface area contributed by atoms with Crippen molar-refractivity contribution in [3.05, 3.63) is 37.0 Å². The van der Waals surface area contributed by atoms with Gasteiger partial charge in [-0.15, -0.1) is 0 Å². The largest absolute Gasteiger partial charge is 0.481 e. The lowest BCUT2D eigenvalue weighted by molar-refractivity contribution is -0.137. The van der Waals surface area contributed by atoms with Gasteiger partial charge < -0.3 is 50.9 Å². The summed E-state index contributed by atoms with van der Waals surface area (Å²) in [6, 6.07) is 0. The molecule has 0 bridgehead atoms. The van der Waals surface area contributed by atoms with Crippen LogP contribution in [0.25, 0.3) is 11.2 Å². The zero-order valence-corrected chi connectivity index (χ0v) is 38.5. The molecular formula is C35H54N7O18P3S. The Hall–Kier alpha value is -3.29. The summed E-state index contributed by atoms with van der Waals surface area (Å²) in [5, 5.41) is 26.3. The number of rotatable bonds is 25. The smallest absolute Gasteiger partial charge is 0.386 e. The van der Waals surface area contributed by atoms with Gasteiger partial charge in [-0.05, 0) is 37.7 Å². The second-order valence-corrected chi connectivity index (χ2v) is 20.7. The molecule has 10 N–H and O–H groups in total. The molecule has 1 saturated carbocycles. The van der Waals surface area contributed by atoms with Gasteiger partial charge in [-0.25, -0.2) is 28.6 Å². The molecule has 0 spiro atoms. The van der Waals surface area contributed by atoms with Crippen LogP contribution in [0, 0.1) is 17.3 Å². The van der Waals surface area contributed by atoms with Crippen molar-refractivity contribution < 1.29 is 85.3 Å². The van der Waals surface area contributed by atoms with Crippen molar-refractivity contribution >= 4 is 74.9 Å². The molecule has 2 aromatic rings. The lowest BCUT2D eigenvalue weighted by Gasteiger charge is -2.30. The Kier molecular flexibility index (Phi) is 19.5. The fourth-order valence-corrected chi connectivity index (χ4v) is 10.1. The molecule has 1 aliphatic heterocycles. The molecule has 2 fully saturated rings. The van der Waals surface area contributed by atoms with Crippen LogP contribution in [-0.4, -0.2) is 128 Å². The molecule has 358 valence electrons. The number of allylic oxidation sites excluding steroid dienone is 3. The van der Waals surface area contributed by atoms with Crippen LogP contribution in [0.3, 0.4) is 0 Å². The van der Waals surface area contributed by atoms with Gasteiger partial charge in [0.25, 0.3) is 0 Å². The van der Waals surface area contributed by atoms with Crippen molar-refractivity contribution in [1.82, 2.24) is 30.2 Å². The number of phosphoric acid groups is 3. The number of aliphatic hydroxyl groups excluding tert-OH is 2. The molecule has 1 aliphatic carbocycles. The number of ether oxygens (including phenoxy) is 1. The SMILES string of the molecule is CC/C=C\CC1C(=O)CCC1C/C=C/C(=O)SCCNC(=O)CCNC(=O)[C@H](O)C(C)(C)COP(=O)(O)OP(=O)(O)OC[C@H]1O[C@@H](n2cnc3c(N)ncnc32)[C@H](O)[C@@H]1OP(=O)(O)O. The van der Waals surface area contributed by atoms with Crippen molar-refractivity contribution in [1.29, 1.82) is 0 Å². The lowest BCUT2D eigenvalue weighted by Crippen LogP contribution is -2.46.